The van der Waals surface area contributed by atoms with Crippen molar-refractivity contribution in [2.75, 3.05) is 26.2 Å². The Bertz CT molecular complexity index is 361. The fourth-order valence-electron chi connectivity index (χ4n) is 3.15. The molecule has 114 valence electrons. The van der Waals surface area contributed by atoms with Crippen LogP contribution >= 0.6 is 0 Å². The molecule has 0 radical (unpaired) electrons. The largest absolute Gasteiger partial charge is 0.468 e. The van der Waals surface area contributed by atoms with Crippen LogP contribution in [0.1, 0.15) is 51.8 Å². The van der Waals surface area contributed by atoms with E-state index in [0.717, 1.165) is 30.7 Å². The molecule has 1 fully saturated rings. The van der Waals surface area contributed by atoms with Crippen molar-refractivity contribution in [2.24, 2.45) is 11.8 Å². The first-order valence-electron chi connectivity index (χ1n) is 8.16. The van der Waals surface area contributed by atoms with Crippen LogP contribution in [-0.2, 0) is 0 Å². The molecular formula is C17H30N2O. The van der Waals surface area contributed by atoms with E-state index in [9.17, 15) is 0 Å². The van der Waals surface area contributed by atoms with Crippen LogP contribution in [0, 0.1) is 11.8 Å². The Morgan fingerprint density at radius 3 is 2.85 bits per heavy atom. The molecule has 1 saturated heterocycles. The van der Waals surface area contributed by atoms with E-state index in [2.05, 4.69) is 31.0 Å². The standard InChI is InChI=1S/C17H30N2O/c1-14(2)16-6-4-10-19(11-8-16)12-9-18-15(3)17-7-5-13-20-17/h5,7,13-16,18H,4,6,8-12H2,1-3H3. The Morgan fingerprint density at radius 2 is 2.15 bits per heavy atom. The third kappa shape index (κ3) is 4.64. The minimum absolute atomic E-state index is 0.306. The van der Waals surface area contributed by atoms with Gasteiger partial charge in [0, 0.05) is 13.1 Å². The highest BCUT2D eigenvalue weighted by Crippen LogP contribution is 2.24. The van der Waals surface area contributed by atoms with Crippen molar-refractivity contribution in [3.63, 3.8) is 0 Å². The van der Waals surface area contributed by atoms with Crippen LogP contribution in [0.5, 0.6) is 0 Å². The maximum atomic E-state index is 5.42. The average molecular weight is 278 g/mol. The zero-order valence-electron chi connectivity index (χ0n) is 13.3. The van der Waals surface area contributed by atoms with Gasteiger partial charge in [-0.2, -0.15) is 0 Å². The summed E-state index contributed by atoms with van der Waals surface area (Å²) in [6.45, 7) is 11.6. The zero-order chi connectivity index (χ0) is 14.4. The van der Waals surface area contributed by atoms with E-state index in [4.69, 9.17) is 4.42 Å². The number of nitrogens with zero attached hydrogens (tertiary/aromatic N) is 1. The molecule has 2 heterocycles. The van der Waals surface area contributed by atoms with Gasteiger partial charge in [0.15, 0.2) is 0 Å². The lowest BCUT2D eigenvalue weighted by Gasteiger charge is -2.22. The summed E-state index contributed by atoms with van der Waals surface area (Å²) >= 11 is 0. The van der Waals surface area contributed by atoms with Crippen LogP contribution in [-0.4, -0.2) is 31.1 Å². The lowest BCUT2D eigenvalue weighted by atomic mass is 9.89. The zero-order valence-corrected chi connectivity index (χ0v) is 13.3. The normalized spacial score (nSPS) is 22.9. The minimum Gasteiger partial charge on any atom is -0.468 e. The second kappa shape index (κ2) is 7.84. The van der Waals surface area contributed by atoms with Gasteiger partial charge in [-0.25, -0.2) is 0 Å². The molecule has 1 aliphatic heterocycles. The third-order valence-corrected chi connectivity index (χ3v) is 4.66. The Kier molecular flexibility index (Phi) is 6.11. The lowest BCUT2D eigenvalue weighted by molar-refractivity contribution is 0.266. The fraction of sp³-hybridized carbons (Fsp3) is 0.765. The van der Waals surface area contributed by atoms with Crippen molar-refractivity contribution < 1.29 is 4.42 Å². The van der Waals surface area contributed by atoms with E-state index in [1.807, 2.05) is 12.1 Å². The summed E-state index contributed by atoms with van der Waals surface area (Å²) in [7, 11) is 0. The Hall–Kier alpha value is -0.800. The first-order chi connectivity index (χ1) is 9.66. The third-order valence-electron chi connectivity index (χ3n) is 4.66. The molecule has 0 aliphatic carbocycles. The van der Waals surface area contributed by atoms with Gasteiger partial charge in [-0.05, 0) is 63.2 Å². The molecule has 2 atom stereocenters. The van der Waals surface area contributed by atoms with Crippen molar-refractivity contribution >= 4 is 0 Å². The van der Waals surface area contributed by atoms with Gasteiger partial charge in [0.2, 0.25) is 0 Å². The van der Waals surface area contributed by atoms with Gasteiger partial charge in [-0.3, -0.25) is 0 Å². The Labute approximate surface area is 123 Å². The minimum atomic E-state index is 0.306. The average Bonchev–Trinajstić information content (AvgIpc) is 2.85. The topological polar surface area (TPSA) is 28.4 Å². The van der Waals surface area contributed by atoms with Crippen LogP contribution in [0.4, 0.5) is 0 Å². The molecule has 2 unspecified atom stereocenters. The van der Waals surface area contributed by atoms with Gasteiger partial charge in [-0.15, -0.1) is 0 Å². The predicted octanol–water partition coefficient (Wildman–Crippen LogP) is 3.69. The van der Waals surface area contributed by atoms with E-state index >= 15 is 0 Å². The summed E-state index contributed by atoms with van der Waals surface area (Å²) in [5, 5.41) is 3.55. The van der Waals surface area contributed by atoms with E-state index in [1.54, 1.807) is 6.26 Å². The molecule has 20 heavy (non-hydrogen) atoms. The first kappa shape index (κ1) is 15.6. The Balaban J connectivity index is 1.67. The first-order valence-corrected chi connectivity index (χ1v) is 8.16. The maximum absolute atomic E-state index is 5.42. The monoisotopic (exact) mass is 278 g/mol. The number of hydrogen-bond donors (Lipinski definition) is 1. The van der Waals surface area contributed by atoms with Crippen molar-refractivity contribution in [3.8, 4) is 0 Å². The second-order valence-corrected chi connectivity index (χ2v) is 6.47. The van der Waals surface area contributed by atoms with Crippen LogP contribution < -0.4 is 5.32 Å². The molecule has 3 nitrogen and oxygen atoms in total. The highest BCUT2D eigenvalue weighted by atomic mass is 16.3. The van der Waals surface area contributed by atoms with E-state index in [0.29, 0.717) is 6.04 Å². The molecule has 1 N–H and O–H groups in total. The number of hydrogen-bond acceptors (Lipinski definition) is 3. The molecule has 0 saturated carbocycles. The molecule has 1 aromatic rings. The highest BCUT2D eigenvalue weighted by molar-refractivity contribution is 5.02. The fourth-order valence-corrected chi connectivity index (χ4v) is 3.15. The van der Waals surface area contributed by atoms with Gasteiger partial charge >= 0.3 is 0 Å². The molecule has 0 aromatic carbocycles. The molecular weight excluding hydrogens is 248 g/mol. The second-order valence-electron chi connectivity index (χ2n) is 6.47. The molecule has 0 bridgehead atoms. The molecule has 2 rings (SSSR count). The van der Waals surface area contributed by atoms with Crippen molar-refractivity contribution in [1.82, 2.24) is 10.2 Å². The Morgan fingerprint density at radius 1 is 1.30 bits per heavy atom. The SMILES string of the molecule is CC(NCCN1CCCC(C(C)C)CC1)c1ccco1. The summed E-state index contributed by atoms with van der Waals surface area (Å²) in [5.41, 5.74) is 0. The molecule has 1 aliphatic rings. The number of likely N-dealkylation sites (tertiary alicyclic amines) is 1. The quantitative estimate of drug-likeness (QED) is 0.860. The van der Waals surface area contributed by atoms with Gasteiger partial charge < -0.3 is 14.6 Å². The summed E-state index contributed by atoms with van der Waals surface area (Å²) in [6.07, 6.45) is 5.88. The summed E-state index contributed by atoms with van der Waals surface area (Å²) < 4.78 is 5.42. The molecule has 0 spiro atoms. The highest BCUT2D eigenvalue weighted by Gasteiger charge is 2.19. The predicted molar refractivity (Wildman–Crippen MR) is 83.7 cm³/mol. The van der Waals surface area contributed by atoms with Crippen LogP contribution in [0.25, 0.3) is 0 Å². The van der Waals surface area contributed by atoms with Crippen molar-refractivity contribution in [2.45, 2.75) is 46.1 Å². The maximum Gasteiger partial charge on any atom is 0.120 e. The summed E-state index contributed by atoms with van der Waals surface area (Å²) in [6, 6.07) is 4.30. The number of nitrogens with one attached hydrogen (secondary N) is 1. The molecule has 0 amide bonds. The van der Waals surface area contributed by atoms with Gasteiger partial charge in [0.1, 0.15) is 5.76 Å². The molecule has 3 heteroatoms. The van der Waals surface area contributed by atoms with E-state index in [1.165, 1.54) is 32.4 Å². The van der Waals surface area contributed by atoms with E-state index in [-0.39, 0.29) is 0 Å². The van der Waals surface area contributed by atoms with Gasteiger partial charge in [-0.1, -0.05) is 13.8 Å². The summed E-state index contributed by atoms with van der Waals surface area (Å²) in [5.74, 6) is 2.79. The van der Waals surface area contributed by atoms with Crippen LogP contribution in [0.15, 0.2) is 22.8 Å². The van der Waals surface area contributed by atoms with Crippen LogP contribution in [0.3, 0.4) is 0 Å². The van der Waals surface area contributed by atoms with Gasteiger partial charge in [0.05, 0.1) is 12.3 Å². The van der Waals surface area contributed by atoms with E-state index < -0.39 is 0 Å². The number of rotatable bonds is 6. The smallest absolute Gasteiger partial charge is 0.120 e. The molecule has 1 aromatic heterocycles. The summed E-state index contributed by atoms with van der Waals surface area (Å²) in [4.78, 5) is 2.62. The van der Waals surface area contributed by atoms with Crippen LogP contribution in [0.2, 0.25) is 0 Å². The number of furan rings is 1. The van der Waals surface area contributed by atoms with Crippen molar-refractivity contribution in [3.05, 3.63) is 24.2 Å². The van der Waals surface area contributed by atoms with Crippen molar-refractivity contribution in [1.29, 1.82) is 0 Å². The lowest BCUT2D eigenvalue weighted by Crippen LogP contribution is -2.34. The van der Waals surface area contributed by atoms with Gasteiger partial charge in [0.25, 0.3) is 0 Å².